The smallest absolute Gasteiger partial charge is 0.255 e. The maximum absolute atomic E-state index is 12.8. The fourth-order valence-electron chi connectivity index (χ4n) is 3.52. The zero-order chi connectivity index (χ0) is 18.2. The molecule has 1 aliphatic rings. The monoisotopic (exact) mass is 408 g/mol. The SMILES string of the molecule is CCOc1ccccc1C(=O)NCC(c1cccs1)N1CCCCCC1.Cl. The highest BCUT2D eigenvalue weighted by atomic mass is 35.5. The van der Waals surface area contributed by atoms with Gasteiger partial charge in [0.05, 0.1) is 18.2 Å². The van der Waals surface area contributed by atoms with E-state index < -0.39 is 0 Å². The lowest BCUT2D eigenvalue weighted by Crippen LogP contribution is -2.38. The Hall–Kier alpha value is -1.56. The summed E-state index contributed by atoms with van der Waals surface area (Å²) in [4.78, 5) is 16.6. The van der Waals surface area contributed by atoms with Crippen LogP contribution in [0.2, 0.25) is 0 Å². The Bertz CT molecular complexity index is 685. The predicted octanol–water partition coefficient (Wildman–Crippen LogP) is 4.92. The summed E-state index contributed by atoms with van der Waals surface area (Å²) in [7, 11) is 0. The zero-order valence-electron chi connectivity index (χ0n) is 15.9. The molecule has 0 radical (unpaired) electrons. The standard InChI is InChI=1S/C21H28N2O2S.ClH/c1-2-25-19-11-6-5-10-17(19)21(24)22-16-18(20-12-9-15-26-20)23-13-7-3-4-8-14-23;/h5-6,9-12,15,18H,2-4,7-8,13-14,16H2,1H3,(H,22,24);1H. The van der Waals surface area contributed by atoms with Crippen LogP contribution in [-0.4, -0.2) is 37.0 Å². The minimum Gasteiger partial charge on any atom is -0.493 e. The molecule has 0 aliphatic carbocycles. The first-order chi connectivity index (χ1) is 12.8. The van der Waals surface area contributed by atoms with Crippen LogP contribution in [0.25, 0.3) is 0 Å². The van der Waals surface area contributed by atoms with E-state index in [1.165, 1.54) is 30.6 Å². The number of halogens is 1. The van der Waals surface area contributed by atoms with Crippen molar-refractivity contribution in [2.75, 3.05) is 26.2 Å². The molecule has 2 heterocycles. The van der Waals surface area contributed by atoms with Gasteiger partial charge in [0.25, 0.3) is 5.91 Å². The Morgan fingerprint density at radius 1 is 1.15 bits per heavy atom. The third-order valence-electron chi connectivity index (χ3n) is 4.84. The number of hydrogen-bond acceptors (Lipinski definition) is 4. The summed E-state index contributed by atoms with van der Waals surface area (Å²) < 4.78 is 5.60. The number of carbonyl (C=O) groups is 1. The molecule has 148 valence electrons. The lowest BCUT2D eigenvalue weighted by atomic mass is 10.1. The van der Waals surface area contributed by atoms with Gasteiger partial charge >= 0.3 is 0 Å². The number of thiophene rings is 1. The topological polar surface area (TPSA) is 41.6 Å². The van der Waals surface area contributed by atoms with Gasteiger partial charge in [-0.05, 0) is 56.4 Å². The molecular formula is C21H29ClN2O2S. The van der Waals surface area contributed by atoms with E-state index in [0.717, 1.165) is 13.1 Å². The largest absolute Gasteiger partial charge is 0.493 e. The summed E-state index contributed by atoms with van der Waals surface area (Å²) in [6.45, 7) is 5.32. The van der Waals surface area contributed by atoms with Gasteiger partial charge in [0.15, 0.2) is 0 Å². The fourth-order valence-corrected chi connectivity index (χ4v) is 4.38. The number of nitrogens with one attached hydrogen (secondary N) is 1. The van der Waals surface area contributed by atoms with E-state index in [1.807, 2.05) is 31.2 Å². The van der Waals surface area contributed by atoms with Crippen molar-refractivity contribution in [1.29, 1.82) is 0 Å². The molecule has 1 aromatic carbocycles. The molecule has 6 heteroatoms. The van der Waals surface area contributed by atoms with E-state index in [-0.39, 0.29) is 24.4 Å². The second kappa shape index (κ2) is 11.3. The van der Waals surface area contributed by atoms with E-state index in [9.17, 15) is 4.79 Å². The molecule has 0 saturated carbocycles. The molecule has 1 atom stereocenters. The second-order valence-corrected chi connectivity index (χ2v) is 7.60. The molecule has 1 unspecified atom stereocenters. The molecule has 1 saturated heterocycles. The van der Waals surface area contributed by atoms with Crippen molar-refractivity contribution in [1.82, 2.24) is 10.2 Å². The van der Waals surface area contributed by atoms with E-state index in [0.29, 0.717) is 24.5 Å². The molecule has 1 fully saturated rings. The molecule has 1 amide bonds. The Morgan fingerprint density at radius 3 is 2.56 bits per heavy atom. The molecule has 3 rings (SSSR count). The van der Waals surface area contributed by atoms with Crippen LogP contribution in [0.4, 0.5) is 0 Å². The third kappa shape index (κ3) is 5.96. The molecule has 2 aromatic rings. The Kier molecular flexibility index (Phi) is 9.11. The van der Waals surface area contributed by atoms with Crippen molar-refractivity contribution in [2.24, 2.45) is 0 Å². The van der Waals surface area contributed by atoms with Crippen molar-refractivity contribution in [3.05, 3.63) is 52.2 Å². The first kappa shape index (κ1) is 21.7. The molecule has 1 aliphatic heterocycles. The highest BCUT2D eigenvalue weighted by molar-refractivity contribution is 7.10. The number of ether oxygens (including phenoxy) is 1. The average Bonchev–Trinajstić information content (AvgIpc) is 3.05. The summed E-state index contributed by atoms with van der Waals surface area (Å²) in [5.74, 6) is 0.584. The highest BCUT2D eigenvalue weighted by Crippen LogP contribution is 2.27. The summed E-state index contributed by atoms with van der Waals surface area (Å²) in [5, 5.41) is 5.27. The summed E-state index contributed by atoms with van der Waals surface area (Å²) in [6.07, 6.45) is 5.09. The molecular weight excluding hydrogens is 380 g/mol. The van der Waals surface area contributed by atoms with Crippen LogP contribution in [0.15, 0.2) is 41.8 Å². The number of hydrogen-bond donors (Lipinski definition) is 1. The number of rotatable bonds is 7. The molecule has 0 bridgehead atoms. The normalized spacial score (nSPS) is 16.0. The van der Waals surface area contributed by atoms with Crippen LogP contribution >= 0.6 is 23.7 Å². The fraction of sp³-hybridized carbons (Fsp3) is 0.476. The van der Waals surface area contributed by atoms with Gasteiger partial charge in [-0.25, -0.2) is 0 Å². The zero-order valence-corrected chi connectivity index (χ0v) is 17.5. The first-order valence-corrected chi connectivity index (χ1v) is 10.4. The lowest BCUT2D eigenvalue weighted by molar-refractivity contribution is 0.0930. The summed E-state index contributed by atoms with van der Waals surface area (Å²) >= 11 is 1.77. The Morgan fingerprint density at radius 2 is 1.89 bits per heavy atom. The van der Waals surface area contributed by atoms with Crippen molar-refractivity contribution in [3.63, 3.8) is 0 Å². The maximum Gasteiger partial charge on any atom is 0.255 e. The lowest BCUT2D eigenvalue weighted by Gasteiger charge is -2.30. The third-order valence-corrected chi connectivity index (χ3v) is 5.81. The van der Waals surface area contributed by atoms with Crippen molar-refractivity contribution < 1.29 is 9.53 Å². The molecule has 4 nitrogen and oxygen atoms in total. The number of benzene rings is 1. The highest BCUT2D eigenvalue weighted by Gasteiger charge is 2.23. The number of likely N-dealkylation sites (tertiary alicyclic amines) is 1. The van der Waals surface area contributed by atoms with E-state index >= 15 is 0 Å². The van der Waals surface area contributed by atoms with E-state index in [2.05, 4.69) is 27.7 Å². The van der Waals surface area contributed by atoms with Gasteiger partial charge in [0.2, 0.25) is 0 Å². The Labute approximate surface area is 172 Å². The number of nitrogens with zero attached hydrogens (tertiary/aromatic N) is 1. The van der Waals surface area contributed by atoms with Gasteiger partial charge in [-0.2, -0.15) is 0 Å². The van der Waals surface area contributed by atoms with Crippen LogP contribution < -0.4 is 10.1 Å². The van der Waals surface area contributed by atoms with E-state index in [1.54, 1.807) is 11.3 Å². The van der Waals surface area contributed by atoms with Crippen molar-refractivity contribution in [3.8, 4) is 5.75 Å². The van der Waals surface area contributed by atoms with Crippen LogP contribution in [0.5, 0.6) is 5.75 Å². The molecule has 1 aromatic heterocycles. The quantitative estimate of drug-likeness (QED) is 0.707. The van der Waals surface area contributed by atoms with Crippen LogP contribution in [-0.2, 0) is 0 Å². The van der Waals surface area contributed by atoms with Gasteiger partial charge < -0.3 is 10.1 Å². The predicted molar refractivity (Wildman–Crippen MR) is 114 cm³/mol. The van der Waals surface area contributed by atoms with Crippen LogP contribution in [0.3, 0.4) is 0 Å². The average molecular weight is 409 g/mol. The summed E-state index contributed by atoms with van der Waals surface area (Å²) in [6, 6.07) is 12.0. The van der Waals surface area contributed by atoms with Gasteiger partial charge in [0.1, 0.15) is 5.75 Å². The second-order valence-electron chi connectivity index (χ2n) is 6.62. The van der Waals surface area contributed by atoms with Gasteiger partial charge in [0, 0.05) is 11.4 Å². The maximum atomic E-state index is 12.8. The number of amides is 1. The van der Waals surface area contributed by atoms with Gasteiger partial charge in [-0.15, -0.1) is 23.7 Å². The molecule has 0 spiro atoms. The minimum atomic E-state index is -0.0644. The minimum absolute atomic E-state index is 0. The van der Waals surface area contributed by atoms with Crippen LogP contribution in [0, 0.1) is 0 Å². The van der Waals surface area contributed by atoms with Crippen LogP contribution in [0.1, 0.15) is 53.9 Å². The molecule has 27 heavy (non-hydrogen) atoms. The van der Waals surface area contributed by atoms with Crippen molar-refractivity contribution >= 4 is 29.7 Å². The number of para-hydroxylation sites is 1. The Balaban J connectivity index is 0.00000261. The van der Waals surface area contributed by atoms with Crippen molar-refractivity contribution in [2.45, 2.75) is 38.6 Å². The van der Waals surface area contributed by atoms with E-state index in [4.69, 9.17) is 4.74 Å². The van der Waals surface area contributed by atoms with Gasteiger partial charge in [-0.3, -0.25) is 9.69 Å². The summed E-state index contributed by atoms with van der Waals surface area (Å²) in [5.41, 5.74) is 0.607. The number of carbonyl (C=O) groups excluding carboxylic acids is 1. The van der Waals surface area contributed by atoms with Gasteiger partial charge in [-0.1, -0.05) is 31.0 Å². The first-order valence-electron chi connectivity index (χ1n) is 9.57. The molecule has 1 N–H and O–H groups in total.